The summed E-state index contributed by atoms with van der Waals surface area (Å²) < 4.78 is 52.4. The second kappa shape index (κ2) is 12.3. The van der Waals surface area contributed by atoms with Gasteiger partial charge in [0.25, 0.3) is 0 Å². The summed E-state index contributed by atoms with van der Waals surface area (Å²) in [6.07, 6.45) is 0. The van der Waals surface area contributed by atoms with E-state index < -0.39 is 0 Å². The van der Waals surface area contributed by atoms with Crippen molar-refractivity contribution in [1.82, 2.24) is 0 Å². The predicted octanol–water partition coefficient (Wildman–Crippen LogP) is 7.60. The lowest BCUT2D eigenvalue weighted by Gasteiger charge is -2.16. The molecule has 0 aliphatic heterocycles. The molecule has 4 aromatic carbocycles. The van der Waals surface area contributed by atoms with Crippen LogP contribution in [-0.2, 0) is 0 Å². The van der Waals surface area contributed by atoms with Crippen LogP contribution in [0.5, 0.6) is 40.2 Å². The van der Waals surface area contributed by atoms with Crippen LogP contribution in [-0.4, -0.2) is 49.8 Å². The summed E-state index contributed by atoms with van der Waals surface area (Å²) in [5.74, 6) is 4.30. The Balaban J connectivity index is 1.71. The van der Waals surface area contributed by atoms with E-state index in [-0.39, 0.29) is 22.1 Å². The average molecular weight is 625 g/mol. The average Bonchev–Trinajstić information content (AvgIpc) is 3.47. The van der Waals surface area contributed by atoms with Gasteiger partial charge in [-0.25, -0.2) is 0 Å². The smallest absolute Gasteiger partial charge is 0.197 e. The minimum absolute atomic E-state index is 0.244. The molecule has 10 heteroatoms. The van der Waals surface area contributed by atoms with Crippen LogP contribution in [0.1, 0.15) is 0 Å². The molecule has 0 N–H and O–H groups in total. The van der Waals surface area contributed by atoms with Crippen molar-refractivity contribution >= 4 is 21.9 Å². The summed E-state index contributed by atoms with van der Waals surface area (Å²) >= 11 is 0. The Kier molecular flexibility index (Phi) is 8.10. The third-order valence-corrected chi connectivity index (χ3v) is 7.82. The highest BCUT2D eigenvalue weighted by atomic mass is 16.5. The summed E-state index contributed by atoms with van der Waals surface area (Å²) in [5.41, 5.74) is 2.93. The second-order valence-electron chi connectivity index (χ2n) is 10.1. The Hall–Kier alpha value is -5.77. The molecule has 0 unspecified atom stereocenters. The van der Waals surface area contributed by atoms with Gasteiger partial charge in [0.1, 0.15) is 56.8 Å². The van der Waals surface area contributed by atoms with Gasteiger partial charge in [0, 0.05) is 41.0 Å². The van der Waals surface area contributed by atoms with Crippen LogP contribution in [0.3, 0.4) is 0 Å². The first-order chi connectivity index (χ1) is 22.4. The van der Waals surface area contributed by atoms with Crippen molar-refractivity contribution in [3.63, 3.8) is 0 Å². The number of rotatable bonds is 10. The molecule has 0 spiro atoms. The molecule has 10 nitrogen and oxygen atoms in total. The Labute approximate surface area is 264 Å². The molecule has 6 aromatic rings. The van der Waals surface area contributed by atoms with Gasteiger partial charge in [0.15, 0.2) is 16.9 Å². The van der Waals surface area contributed by atoms with Gasteiger partial charge in [0.2, 0.25) is 0 Å². The van der Waals surface area contributed by atoms with Gasteiger partial charge < -0.3 is 42.0 Å². The molecular weight excluding hydrogens is 592 g/mol. The van der Waals surface area contributed by atoms with E-state index in [0.717, 1.165) is 5.56 Å². The minimum Gasteiger partial charge on any atom is -0.497 e. The van der Waals surface area contributed by atoms with Gasteiger partial charge >= 0.3 is 0 Å². The maximum atomic E-state index is 13.9. The fourth-order valence-corrected chi connectivity index (χ4v) is 5.63. The fraction of sp³-hybridized carbons (Fsp3) is 0.194. The summed E-state index contributed by atoms with van der Waals surface area (Å²) in [4.78, 5) is 13.9. The van der Waals surface area contributed by atoms with E-state index in [4.69, 9.17) is 42.0 Å². The maximum Gasteiger partial charge on any atom is 0.197 e. The zero-order chi connectivity index (χ0) is 32.5. The predicted molar refractivity (Wildman–Crippen MR) is 174 cm³/mol. The third kappa shape index (κ3) is 4.97. The number of benzene rings is 4. The molecule has 2 heterocycles. The molecule has 0 aliphatic rings. The SMILES string of the molecule is COc1ccc(-c2oc3cc4oc(-c5ccc(OC)c(OC)c5)cc(=O)c4c(OC)c3c2-c2c(OC)cc(OC)cc2OC)cc1. The molecule has 0 saturated carbocycles. The first kappa shape index (κ1) is 30.3. The van der Waals surface area contributed by atoms with Crippen LogP contribution >= 0.6 is 0 Å². The van der Waals surface area contributed by atoms with Crippen LogP contribution in [0.2, 0.25) is 0 Å². The van der Waals surface area contributed by atoms with Crippen LogP contribution in [0.25, 0.3) is 55.7 Å². The maximum absolute atomic E-state index is 13.9. The number of methoxy groups -OCH3 is 7. The molecule has 0 bridgehead atoms. The molecule has 0 atom stereocenters. The van der Waals surface area contributed by atoms with Crippen molar-refractivity contribution in [1.29, 1.82) is 0 Å². The largest absolute Gasteiger partial charge is 0.497 e. The third-order valence-electron chi connectivity index (χ3n) is 7.82. The topological polar surface area (TPSA) is 108 Å². The van der Waals surface area contributed by atoms with E-state index in [9.17, 15) is 4.79 Å². The lowest BCUT2D eigenvalue weighted by Crippen LogP contribution is -2.03. The quantitative estimate of drug-likeness (QED) is 0.151. The second-order valence-corrected chi connectivity index (χ2v) is 10.1. The lowest BCUT2D eigenvalue weighted by atomic mass is 9.95. The van der Waals surface area contributed by atoms with Gasteiger partial charge in [-0.3, -0.25) is 4.79 Å². The molecule has 0 amide bonds. The zero-order valence-electron chi connectivity index (χ0n) is 26.4. The Morgan fingerprint density at radius 2 is 1.09 bits per heavy atom. The van der Waals surface area contributed by atoms with E-state index in [2.05, 4.69) is 0 Å². The molecule has 0 saturated heterocycles. The Bertz CT molecular complexity index is 2100. The Morgan fingerprint density at radius 1 is 0.478 bits per heavy atom. The number of ether oxygens (including phenoxy) is 7. The first-order valence-corrected chi connectivity index (χ1v) is 14.2. The molecule has 0 radical (unpaired) electrons. The normalized spacial score (nSPS) is 11.0. The van der Waals surface area contributed by atoms with Gasteiger partial charge in [-0.2, -0.15) is 0 Å². The standard InChI is InChI=1S/C36H32O10/c1-38-21-11-8-19(9-12-21)35-34(32-27(42-5)15-22(39-2)16-28(32)43-6)33-30(46-35)18-29-31(36(33)44-7)23(37)17-25(45-29)20-10-13-24(40-3)26(14-20)41-4/h8-18H,1-7H3. The van der Waals surface area contributed by atoms with Crippen LogP contribution in [0.4, 0.5) is 0 Å². The fourth-order valence-electron chi connectivity index (χ4n) is 5.63. The van der Waals surface area contributed by atoms with Crippen molar-refractivity contribution in [2.45, 2.75) is 0 Å². The number of hydrogen-bond acceptors (Lipinski definition) is 10. The van der Waals surface area contributed by atoms with Crippen molar-refractivity contribution in [3.05, 3.63) is 77.0 Å². The summed E-state index contributed by atoms with van der Waals surface area (Å²) in [5, 5.41) is 0.780. The summed E-state index contributed by atoms with van der Waals surface area (Å²) in [6, 6.07) is 19.3. The van der Waals surface area contributed by atoms with E-state index in [1.54, 1.807) is 79.1 Å². The zero-order valence-corrected chi connectivity index (χ0v) is 26.4. The molecular formula is C36H32O10. The number of hydrogen-bond donors (Lipinski definition) is 0. The van der Waals surface area contributed by atoms with Gasteiger partial charge in [-0.15, -0.1) is 0 Å². The van der Waals surface area contributed by atoms with Gasteiger partial charge in [-0.1, -0.05) is 0 Å². The van der Waals surface area contributed by atoms with Crippen molar-refractivity contribution in [2.75, 3.05) is 49.8 Å². The lowest BCUT2D eigenvalue weighted by molar-refractivity contribution is 0.355. The minimum atomic E-state index is -0.309. The number of furan rings is 1. The molecule has 0 aliphatic carbocycles. The van der Waals surface area contributed by atoms with Crippen molar-refractivity contribution in [3.8, 4) is 74.0 Å². The highest BCUT2D eigenvalue weighted by Gasteiger charge is 2.29. The monoisotopic (exact) mass is 624 g/mol. The van der Waals surface area contributed by atoms with Gasteiger partial charge in [-0.05, 0) is 42.5 Å². The van der Waals surface area contributed by atoms with Crippen LogP contribution < -0.4 is 38.6 Å². The van der Waals surface area contributed by atoms with Crippen molar-refractivity contribution in [2.24, 2.45) is 0 Å². The molecule has 0 fully saturated rings. The Morgan fingerprint density at radius 3 is 1.67 bits per heavy atom. The van der Waals surface area contributed by atoms with E-state index in [1.807, 2.05) is 24.3 Å². The van der Waals surface area contributed by atoms with E-state index >= 15 is 0 Å². The molecule has 236 valence electrons. The molecule has 2 aromatic heterocycles. The highest BCUT2D eigenvalue weighted by Crippen LogP contribution is 2.53. The highest BCUT2D eigenvalue weighted by molar-refractivity contribution is 6.13. The van der Waals surface area contributed by atoms with E-state index in [0.29, 0.717) is 73.7 Å². The van der Waals surface area contributed by atoms with Crippen molar-refractivity contribution < 1.29 is 42.0 Å². The molecule has 46 heavy (non-hydrogen) atoms. The summed E-state index contributed by atoms with van der Waals surface area (Å²) in [6.45, 7) is 0. The molecule has 6 rings (SSSR count). The first-order valence-electron chi connectivity index (χ1n) is 14.2. The van der Waals surface area contributed by atoms with Gasteiger partial charge in [0.05, 0.1) is 60.7 Å². The van der Waals surface area contributed by atoms with Crippen LogP contribution in [0.15, 0.2) is 80.4 Å². The number of fused-ring (bicyclic) bond motifs is 2. The van der Waals surface area contributed by atoms with Crippen LogP contribution in [0, 0.1) is 0 Å². The summed E-state index contributed by atoms with van der Waals surface area (Å²) in [7, 11) is 10.9. The van der Waals surface area contributed by atoms with E-state index in [1.165, 1.54) is 13.2 Å².